The van der Waals surface area contributed by atoms with Gasteiger partial charge in [0.05, 0.1) is 0 Å². The van der Waals surface area contributed by atoms with E-state index in [-0.39, 0.29) is 11.8 Å². The van der Waals surface area contributed by atoms with Crippen LogP contribution >= 0.6 is 0 Å². The largest absolute Gasteiger partial charge is 0.299 e. The first-order chi connectivity index (χ1) is 8.49. The van der Waals surface area contributed by atoms with Crippen LogP contribution in [-0.4, -0.2) is 75.0 Å². The number of nitrogens with zero attached hydrogens (tertiary/aromatic N) is 2. The van der Waals surface area contributed by atoms with Crippen LogP contribution in [-0.2, 0) is 9.84 Å². The van der Waals surface area contributed by atoms with Crippen LogP contribution in [0.2, 0.25) is 0 Å². The molecule has 7 heteroatoms. The Labute approximate surface area is 109 Å². The Hall–Kier alpha value is -0.210. The number of hydrogen-bond donors (Lipinski definition) is 2. The number of sulfone groups is 1. The van der Waals surface area contributed by atoms with Gasteiger partial charge in [-0.05, 0) is 12.8 Å². The van der Waals surface area contributed by atoms with Gasteiger partial charge in [0.15, 0.2) is 0 Å². The lowest BCUT2D eigenvalue weighted by atomic mass is 9.97. The Morgan fingerprint density at radius 2 is 2.00 bits per heavy atom. The van der Waals surface area contributed by atoms with Gasteiger partial charge in [-0.15, -0.1) is 0 Å². The van der Waals surface area contributed by atoms with E-state index >= 15 is 0 Å². The van der Waals surface area contributed by atoms with E-state index in [1.807, 2.05) is 0 Å². The van der Waals surface area contributed by atoms with Gasteiger partial charge >= 0.3 is 0 Å². The summed E-state index contributed by atoms with van der Waals surface area (Å²) in [5, 5.41) is 0. The summed E-state index contributed by atoms with van der Waals surface area (Å²) in [5.41, 5.74) is 2.88. The number of piperazine rings is 3. The minimum atomic E-state index is -2.86. The summed E-state index contributed by atoms with van der Waals surface area (Å²) in [5.74, 6) is 5.89. The molecular formula is C11H24N4O2S. The second kappa shape index (κ2) is 5.83. The molecular weight excluding hydrogens is 252 g/mol. The highest BCUT2D eigenvalue weighted by molar-refractivity contribution is 7.90. The van der Waals surface area contributed by atoms with Gasteiger partial charge in [0.2, 0.25) is 0 Å². The first kappa shape index (κ1) is 14.2. The molecule has 3 saturated heterocycles. The maximum Gasteiger partial charge on any atom is 0.147 e. The molecule has 3 rings (SSSR count). The molecule has 18 heavy (non-hydrogen) atoms. The average Bonchev–Trinajstić information content (AvgIpc) is 2.35. The van der Waals surface area contributed by atoms with Crippen molar-refractivity contribution in [3.63, 3.8) is 0 Å². The minimum absolute atomic E-state index is 0.190. The van der Waals surface area contributed by atoms with Crippen molar-refractivity contribution < 1.29 is 8.42 Å². The van der Waals surface area contributed by atoms with Crippen LogP contribution in [0.25, 0.3) is 0 Å². The predicted octanol–water partition coefficient (Wildman–Crippen LogP) is -1.36. The molecule has 0 radical (unpaired) electrons. The molecule has 106 valence electrons. The van der Waals surface area contributed by atoms with Crippen molar-refractivity contribution in [1.29, 1.82) is 0 Å². The maximum absolute atomic E-state index is 11.1. The Balaban J connectivity index is 1.85. The van der Waals surface area contributed by atoms with Crippen LogP contribution in [0.1, 0.15) is 12.8 Å². The fourth-order valence-corrected chi connectivity index (χ4v) is 3.68. The third-order valence-corrected chi connectivity index (χ3v) is 5.06. The van der Waals surface area contributed by atoms with Crippen molar-refractivity contribution in [2.45, 2.75) is 24.9 Å². The second-order valence-corrected chi connectivity index (χ2v) is 7.71. The van der Waals surface area contributed by atoms with Crippen LogP contribution in [0.4, 0.5) is 0 Å². The first-order valence-corrected chi connectivity index (χ1v) is 8.66. The van der Waals surface area contributed by atoms with Gasteiger partial charge in [-0.3, -0.25) is 21.1 Å². The highest BCUT2D eigenvalue weighted by atomic mass is 32.2. The van der Waals surface area contributed by atoms with E-state index in [4.69, 9.17) is 5.84 Å². The Bertz CT molecular complexity index is 365. The average molecular weight is 276 g/mol. The van der Waals surface area contributed by atoms with Crippen LogP contribution in [0.3, 0.4) is 0 Å². The zero-order chi connectivity index (χ0) is 13.2. The van der Waals surface area contributed by atoms with Crippen molar-refractivity contribution in [2.75, 3.05) is 44.7 Å². The van der Waals surface area contributed by atoms with Crippen molar-refractivity contribution in [1.82, 2.24) is 15.2 Å². The van der Waals surface area contributed by atoms with Gasteiger partial charge < -0.3 is 0 Å². The van der Waals surface area contributed by atoms with E-state index in [1.165, 1.54) is 6.26 Å². The minimum Gasteiger partial charge on any atom is -0.299 e. The molecule has 0 aromatic heterocycles. The van der Waals surface area contributed by atoms with Crippen molar-refractivity contribution in [3.05, 3.63) is 0 Å². The number of nitrogens with one attached hydrogen (secondary N) is 1. The molecule has 3 aliphatic rings. The van der Waals surface area contributed by atoms with Gasteiger partial charge in [-0.1, -0.05) is 0 Å². The molecule has 0 amide bonds. The summed E-state index contributed by atoms with van der Waals surface area (Å²) < 4.78 is 22.3. The number of fused-ring (bicyclic) bond motifs is 3. The van der Waals surface area contributed by atoms with Crippen LogP contribution in [0.15, 0.2) is 0 Å². The Kier molecular flexibility index (Phi) is 4.60. The topological polar surface area (TPSA) is 78.7 Å². The van der Waals surface area contributed by atoms with Gasteiger partial charge in [0.25, 0.3) is 0 Å². The SMILES string of the molecule is CS(=O)(=O)CCCC(NN)C1CN2CCN1CC2. The van der Waals surface area contributed by atoms with Crippen LogP contribution in [0, 0.1) is 0 Å². The summed E-state index contributed by atoms with van der Waals surface area (Å²) in [6.45, 7) is 5.56. The summed E-state index contributed by atoms with van der Waals surface area (Å²) in [6.07, 6.45) is 2.78. The zero-order valence-corrected chi connectivity index (χ0v) is 11.8. The lowest BCUT2D eigenvalue weighted by Gasteiger charge is -2.50. The second-order valence-electron chi connectivity index (χ2n) is 5.45. The van der Waals surface area contributed by atoms with Crippen molar-refractivity contribution in [2.24, 2.45) is 5.84 Å². The number of hydrazine groups is 1. The monoisotopic (exact) mass is 276 g/mol. The summed E-state index contributed by atoms with van der Waals surface area (Å²) >= 11 is 0. The molecule has 0 aromatic rings. The molecule has 3 N–H and O–H groups in total. The van der Waals surface area contributed by atoms with Crippen LogP contribution < -0.4 is 11.3 Å². The van der Waals surface area contributed by atoms with Crippen molar-refractivity contribution in [3.8, 4) is 0 Å². The molecule has 3 heterocycles. The molecule has 0 aromatic carbocycles. The highest BCUT2D eigenvalue weighted by Gasteiger charge is 2.36. The fourth-order valence-electron chi connectivity index (χ4n) is 2.99. The fraction of sp³-hybridized carbons (Fsp3) is 1.00. The molecule has 0 spiro atoms. The molecule has 2 atom stereocenters. The lowest BCUT2D eigenvalue weighted by Crippen LogP contribution is -2.67. The molecule has 3 aliphatic heterocycles. The van der Waals surface area contributed by atoms with Gasteiger partial charge in [0.1, 0.15) is 9.84 Å². The molecule has 0 aliphatic carbocycles. The van der Waals surface area contributed by atoms with E-state index in [1.54, 1.807) is 0 Å². The molecule has 2 bridgehead atoms. The standard InChI is InChI=1S/C11H24N4O2S/c1-18(16,17)8-2-3-10(13-12)11-9-14-4-6-15(11)7-5-14/h10-11,13H,2-9,12H2,1H3. The first-order valence-electron chi connectivity index (χ1n) is 6.60. The third kappa shape index (κ3) is 3.64. The Morgan fingerprint density at radius 3 is 2.44 bits per heavy atom. The highest BCUT2D eigenvalue weighted by Crippen LogP contribution is 2.20. The van der Waals surface area contributed by atoms with Crippen LogP contribution in [0.5, 0.6) is 0 Å². The molecule has 3 fully saturated rings. The van der Waals surface area contributed by atoms with Gasteiger partial charge in [-0.2, -0.15) is 0 Å². The third-order valence-electron chi connectivity index (χ3n) is 4.03. The van der Waals surface area contributed by atoms with E-state index in [2.05, 4.69) is 15.2 Å². The lowest BCUT2D eigenvalue weighted by molar-refractivity contribution is -0.00454. The van der Waals surface area contributed by atoms with Gasteiger partial charge in [0, 0.05) is 56.8 Å². The predicted molar refractivity (Wildman–Crippen MR) is 71.9 cm³/mol. The summed E-state index contributed by atoms with van der Waals surface area (Å²) in [4.78, 5) is 4.94. The maximum atomic E-state index is 11.1. The number of rotatable bonds is 6. The van der Waals surface area contributed by atoms with Gasteiger partial charge in [-0.25, -0.2) is 8.42 Å². The number of nitrogens with two attached hydrogens (primary N) is 1. The molecule has 6 nitrogen and oxygen atoms in total. The summed E-state index contributed by atoms with van der Waals surface area (Å²) in [6, 6.07) is 0.618. The van der Waals surface area contributed by atoms with E-state index < -0.39 is 9.84 Å². The zero-order valence-electron chi connectivity index (χ0n) is 11.0. The molecule has 2 unspecified atom stereocenters. The normalized spacial score (nSPS) is 33.6. The van der Waals surface area contributed by atoms with Crippen molar-refractivity contribution >= 4 is 9.84 Å². The van der Waals surface area contributed by atoms with E-state index in [0.717, 1.165) is 39.1 Å². The van der Waals surface area contributed by atoms with E-state index in [0.29, 0.717) is 12.5 Å². The Morgan fingerprint density at radius 1 is 1.33 bits per heavy atom. The quantitative estimate of drug-likeness (QED) is 0.461. The molecule has 0 saturated carbocycles. The smallest absolute Gasteiger partial charge is 0.147 e. The van der Waals surface area contributed by atoms with E-state index in [9.17, 15) is 8.42 Å². The number of hydrogen-bond acceptors (Lipinski definition) is 6. The summed E-state index contributed by atoms with van der Waals surface area (Å²) in [7, 11) is -2.86.